The number of rotatable bonds is 4. The fourth-order valence-electron chi connectivity index (χ4n) is 0.455. The third-order valence-corrected chi connectivity index (χ3v) is 1.09. The summed E-state index contributed by atoms with van der Waals surface area (Å²) in [6.45, 7) is 3.08. The lowest BCUT2D eigenvalue weighted by molar-refractivity contribution is -0.151. The zero-order valence-corrected chi connectivity index (χ0v) is 6.49. The standard InChI is InChI=1S/C7H8O5/c1-4(6(9)10)3-5(8)7(11)12-2/h1,3H2,2H3,(H,9,10). The maximum absolute atomic E-state index is 10.7. The van der Waals surface area contributed by atoms with Crippen LogP contribution in [-0.4, -0.2) is 29.9 Å². The van der Waals surface area contributed by atoms with Crippen molar-refractivity contribution in [3.63, 3.8) is 0 Å². The van der Waals surface area contributed by atoms with Crippen molar-refractivity contribution in [2.24, 2.45) is 0 Å². The number of carboxylic acid groups (broad SMARTS) is 1. The van der Waals surface area contributed by atoms with E-state index in [2.05, 4.69) is 11.3 Å². The highest BCUT2D eigenvalue weighted by Crippen LogP contribution is 1.99. The quantitative estimate of drug-likeness (QED) is 0.359. The van der Waals surface area contributed by atoms with Crippen molar-refractivity contribution in [2.75, 3.05) is 7.11 Å². The number of aliphatic carboxylic acids is 1. The summed E-state index contributed by atoms with van der Waals surface area (Å²) >= 11 is 0. The maximum atomic E-state index is 10.7. The number of hydrogen-bond donors (Lipinski definition) is 1. The number of Topliss-reactive ketones (excluding diaryl/α,β-unsaturated/α-hetero) is 1. The van der Waals surface area contributed by atoms with E-state index in [9.17, 15) is 14.4 Å². The number of esters is 1. The van der Waals surface area contributed by atoms with Crippen LogP contribution in [0.1, 0.15) is 6.42 Å². The Morgan fingerprint density at radius 2 is 1.92 bits per heavy atom. The molecule has 0 amide bonds. The van der Waals surface area contributed by atoms with E-state index >= 15 is 0 Å². The van der Waals surface area contributed by atoms with Crippen LogP contribution in [-0.2, 0) is 19.1 Å². The first-order chi connectivity index (χ1) is 5.49. The van der Waals surface area contributed by atoms with Gasteiger partial charge in [0.1, 0.15) is 0 Å². The van der Waals surface area contributed by atoms with E-state index in [0.717, 1.165) is 7.11 Å². The van der Waals surface area contributed by atoms with Gasteiger partial charge < -0.3 is 9.84 Å². The fraction of sp³-hybridized carbons (Fsp3) is 0.286. The Morgan fingerprint density at radius 1 is 1.42 bits per heavy atom. The van der Waals surface area contributed by atoms with Crippen LogP contribution in [0, 0.1) is 0 Å². The number of carbonyl (C=O) groups is 3. The van der Waals surface area contributed by atoms with Crippen molar-refractivity contribution in [3.05, 3.63) is 12.2 Å². The lowest BCUT2D eigenvalue weighted by Gasteiger charge is -1.97. The highest BCUT2D eigenvalue weighted by Gasteiger charge is 2.17. The smallest absolute Gasteiger partial charge is 0.374 e. The molecule has 1 N–H and O–H groups in total. The van der Waals surface area contributed by atoms with Gasteiger partial charge in [0, 0.05) is 12.0 Å². The molecule has 0 rings (SSSR count). The number of hydrogen-bond acceptors (Lipinski definition) is 4. The minimum atomic E-state index is -1.30. The summed E-state index contributed by atoms with van der Waals surface area (Å²) in [5.74, 6) is -3.27. The predicted molar refractivity (Wildman–Crippen MR) is 38.4 cm³/mol. The number of methoxy groups -OCH3 is 1. The molecule has 0 unspecified atom stereocenters. The Balaban J connectivity index is 4.11. The molecule has 0 heterocycles. The van der Waals surface area contributed by atoms with E-state index in [1.807, 2.05) is 0 Å². The molecule has 0 bridgehead atoms. The molecule has 5 nitrogen and oxygen atoms in total. The molecule has 0 spiro atoms. The predicted octanol–water partition coefficient (Wildman–Crippen LogP) is -0.241. The van der Waals surface area contributed by atoms with Gasteiger partial charge in [0.05, 0.1) is 7.11 Å². The summed E-state index contributed by atoms with van der Waals surface area (Å²) in [4.78, 5) is 31.3. The second kappa shape index (κ2) is 4.27. The van der Waals surface area contributed by atoms with Gasteiger partial charge in [-0.15, -0.1) is 0 Å². The molecule has 0 aliphatic carbocycles. The number of carbonyl (C=O) groups excluding carboxylic acids is 2. The fourth-order valence-corrected chi connectivity index (χ4v) is 0.455. The highest BCUT2D eigenvalue weighted by atomic mass is 16.5. The molecule has 0 aromatic rings. The number of ketones is 1. The van der Waals surface area contributed by atoms with E-state index in [1.165, 1.54) is 0 Å². The van der Waals surface area contributed by atoms with E-state index in [4.69, 9.17) is 5.11 Å². The van der Waals surface area contributed by atoms with Gasteiger partial charge >= 0.3 is 11.9 Å². The number of carboxylic acids is 1. The monoisotopic (exact) mass is 172 g/mol. The van der Waals surface area contributed by atoms with Crippen molar-refractivity contribution in [1.29, 1.82) is 0 Å². The maximum Gasteiger partial charge on any atom is 0.374 e. The van der Waals surface area contributed by atoms with Gasteiger partial charge in [0.25, 0.3) is 0 Å². The van der Waals surface area contributed by atoms with Crippen LogP contribution in [0.5, 0.6) is 0 Å². The molecular weight excluding hydrogens is 164 g/mol. The molecule has 0 aromatic carbocycles. The van der Waals surface area contributed by atoms with Crippen LogP contribution in [0.2, 0.25) is 0 Å². The van der Waals surface area contributed by atoms with Crippen molar-refractivity contribution < 1.29 is 24.2 Å². The second-order valence-electron chi connectivity index (χ2n) is 2.00. The minimum Gasteiger partial charge on any atom is -0.478 e. The second-order valence-corrected chi connectivity index (χ2v) is 2.00. The largest absolute Gasteiger partial charge is 0.478 e. The Bertz CT molecular complexity index is 240. The van der Waals surface area contributed by atoms with Crippen LogP contribution in [0.4, 0.5) is 0 Å². The first-order valence-corrected chi connectivity index (χ1v) is 3.01. The lowest BCUT2D eigenvalue weighted by atomic mass is 10.1. The van der Waals surface area contributed by atoms with Gasteiger partial charge in [-0.05, 0) is 0 Å². The van der Waals surface area contributed by atoms with Crippen molar-refractivity contribution in [1.82, 2.24) is 0 Å². The molecule has 0 aromatic heterocycles. The summed E-state index contributed by atoms with van der Waals surface area (Å²) in [5.41, 5.74) is -0.328. The van der Waals surface area contributed by atoms with Gasteiger partial charge in [0.15, 0.2) is 0 Å². The first kappa shape index (κ1) is 10.3. The average molecular weight is 172 g/mol. The Labute approximate surface area is 68.6 Å². The zero-order valence-electron chi connectivity index (χ0n) is 6.49. The van der Waals surface area contributed by atoms with Gasteiger partial charge in [-0.25, -0.2) is 9.59 Å². The van der Waals surface area contributed by atoms with Crippen molar-refractivity contribution in [2.45, 2.75) is 6.42 Å². The van der Waals surface area contributed by atoms with Crippen LogP contribution in [0.3, 0.4) is 0 Å². The third-order valence-electron chi connectivity index (χ3n) is 1.09. The summed E-state index contributed by atoms with van der Waals surface area (Å²) in [5, 5.41) is 8.28. The molecule has 0 saturated carbocycles. The third kappa shape index (κ3) is 2.96. The topological polar surface area (TPSA) is 80.7 Å². The summed E-state index contributed by atoms with van der Waals surface area (Å²) in [7, 11) is 1.05. The molecular formula is C7H8O5. The molecule has 0 atom stereocenters. The van der Waals surface area contributed by atoms with Crippen molar-refractivity contribution in [3.8, 4) is 0 Å². The SMILES string of the molecule is C=C(CC(=O)C(=O)OC)C(=O)O. The highest BCUT2D eigenvalue weighted by molar-refractivity contribution is 6.34. The van der Waals surface area contributed by atoms with E-state index in [-0.39, 0.29) is 5.57 Å². The van der Waals surface area contributed by atoms with E-state index in [0.29, 0.717) is 0 Å². The van der Waals surface area contributed by atoms with Gasteiger partial charge in [-0.3, -0.25) is 4.79 Å². The molecule has 0 radical (unpaired) electrons. The first-order valence-electron chi connectivity index (χ1n) is 3.01. The number of ether oxygens (including phenoxy) is 1. The average Bonchev–Trinajstić information content (AvgIpc) is 2.02. The van der Waals surface area contributed by atoms with E-state index in [1.54, 1.807) is 0 Å². The van der Waals surface area contributed by atoms with Gasteiger partial charge in [-0.2, -0.15) is 0 Å². The molecule has 0 aliphatic rings. The Morgan fingerprint density at radius 3 is 2.25 bits per heavy atom. The lowest BCUT2D eigenvalue weighted by Crippen LogP contribution is -2.17. The Hall–Kier alpha value is -1.65. The van der Waals surface area contributed by atoms with Crippen LogP contribution in [0.15, 0.2) is 12.2 Å². The van der Waals surface area contributed by atoms with E-state index < -0.39 is 24.1 Å². The van der Waals surface area contributed by atoms with Gasteiger partial charge in [-0.1, -0.05) is 6.58 Å². The van der Waals surface area contributed by atoms with Gasteiger partial charge in [0.2, 0.25) is 5.78 Å². The summed E-state index contributed by atoms with van der Waals surface area (Å²) in [6, 6.07) is 0. The normalized spacial score (nSPS) is 8.75. The van der Waals surface area contributed by atoms with Crippen LogP contribution < -0.4 is 0 Å². The molecule has 0 saturated heterocycles. The minimum absolute atomic E-state index is 0.328. The molecule has 0 aliphatic heterocycles. The zero-order chi connectivity index (χ0) is 9.72. The Kier molecular flexibility index (Phi) is 3.69. The molecule has 12 heavy (non-hydrogen) atoms. The summed E-state index contributed by atoms with van der Waals surface area (Å²) in [6.07, 6.45) is -0.512. The molecule has 66 valence electrons. The molecule has 0 fully saturated rings. The van der Waals surface area contributed by atoms with Crippen molar-refractivity contribution >= 4 is 17.7 Å². The molecule has 5 heteroatoms. The van der Waals surface area contributed by atoms with Crippen LogP contribution >= 0.6 is 0 Å². The van der Waals surface area contributed by atoms with Crippen LogP contribution in [0.25, 0.3) is 0 Å². The summed E-state index contributed by atoms with van der Waals surface area (Å²) < 4.78 is 4.07.